The second kappa shape index (κ2) is 10.2. The van der Waals surface area contributed by atoms with E-state index in [0.29, 0.717) is 13.2 Å². The summed E-state index contributed by atoms with van der Waals surface area (Å²) in [6.07, 6.45) is 2.39. The van der Waals surface area contributed by atoms with Gasteiger partial charge in [0.1, 0.15) is 23.5 Å². The van der Waals surface area contributed by atoms with E-state index in [1.807, 2.05) is 23.7 Å². The zero-order valence-electron chi connectivity index (χ0n) is 17.4. The first-order valence-electron chi connectivity index (χ1n) is 10.4. The van der Waals surface area contributed by atoms with Gasteiger partial charge in [-0.3, -0.25) is 9.80 Å². The highest BCUT2D eigenvalue weighted by molar-refractivity contribution is 7.09. The van der Waals surface area contributed by atoms with Crippen molar-refractivity contribution >= 4 is 11.3 Å². The molecule has 0 saturated heterocycles. The fourth-order valence-electron chi connectivity index (χ4n) is 3.87. The lowest BCUT2D eigenvalue weighted by atomic mass is 10.00. The molecule has 1 unspecified atom stereocenters. The molecule has 1 aromatic heterocycles. The van der Waals surface area contributed by atoms with Crippen molar-refractivity contribution in [1.29, 1.82) is 0 Å². The molecule has 2 aromatic carbocycles. The second-order valence-electron chi connectivity index (χ2n) is 7.96. The summed E-state index contributed by atoms with van der Waals surface area (Å²) in [7, 11) is 2.10. The third-order valence-corrected chi connectivity index (χ3v) is 6.15. The smallest absolute Gasteiger partial charge is 0.119 e. The molecule has 3 aromatic rings. The molecule has 1 aliphatic rings. The van der Waals surface area contributed by atoms with E-state index in [4.69, 9.17) is 4.74 Å². The minimum absolute atomic E-state index is 0.307. The number of rotatable bonds is 9. The Balaban J connectivity index is 1.20. The van der Waals surface area contributed by atoms with Crippen LogP contribution in [0.1, 0.15) is 21.7 Å². The van der Waals surface area contributed by atoms with Gasteiger partial charge < -0.3 is 9.84 Å². The minimum atomic E-state index is -0.501. The van der Waals surface area contributed by atoms with Crippen LogP contribution < -0.4 is 4.74 Å². The van der Waals surface area contributed by atoms with E-state index >= 15 is 0 Å². The summed E-state index contributed by atoms with van der Waals surface area (Å²) in [5.41, 5.74) is 4.03. The van der Waals surface area contributed by atoms with Crippen molar-refractivity contribution < 1.29 is 9.84 Å². The molecule has 0 saturated carbocycles. The van der Waals surface area contributed by atoms with E-state index in [-0.39, 0.29) is 0 Å². The van der Waals surface area contributed by atoms with Crippen molar-refractivity contribution in [3.63, 3.8) is 0 Å². The zero-order valence-corrected chi connectivity index (χ0v) is 18.2. The third-order valence-electron chi connectivity index (χ3n) is 5.39. The summed E-state index contributed by atoms with van der Waals surface area (Å²) in [6.45, 7) is 4.53. The molecule has 158 valence electrons. The van der Waals surface area contributed by atoms with E-state index in [1.165, 1.54) is 16.7 Å². The maximum Gasteiger partial charge on any atom is 0.119 e. The van der Waals surface area contributed by atoms with Crippen LogP contribution in [0.5, 0.6) is 5.75 Å². The number of hydrogen-bond acceptors (Lipinski definition) is 6. The van der Waals surface area contributed by atoms with Gasteiger partial charge >= 0.3 is 0 Å². The summed E-state index contributed by atoms with van der Waals surface area (Å²) >= 11 is 1.68. The number of hydrogen-bond donors (Lipinski definition) is 1. The van der Waals surface area contributed by atoms with Gasteiger partial charge in [-0.25, -0.2) is 4.98 Å². The topological polar surface area (TPSA) is 48.8 Å². The lowest BCUT2D eigenvalue weighted by Crippen LogP contribution is -2.38. The number of aromatic nitrogens is 1. The molecule has 2 heterocycles. The van der Waals surface area contributed by atoms with Gasteiger partial charge in [0.05, 0.1) is 6.54 Å². The lowest BCUT2D eigenvalue weighted by molar-refractivity contribution is 0.0638. The van der Waals surface area contributed by atoms with Crippen LogP contribution in [0.15, 0.2) is 60.1 Å². The summed E-state index contributed by atoms with van der Waals surface area (Å²) < 4.78 is 5.83. The summed E-state index contributed by atoms with van der Waals surface area (Å²) in [5, 5.41) is 13.6. The largest absolute Gasteiger partial charge is 0.491 e. The second-order valence-corrected chi connectivity index (χ2v) is 8.94. The van der Waals surface area contributed by atoms with E-state index in [0.717, 1.165) is 43.4 Å². The predicted molar refractivity (Wildman–Crippen MR) is 121 cm³/mol. The van der Waals surface area contributed by atoms with Gasteiger partial charge in [0, 0.05) is 37.8 Å². The van der Waals surface area contributed by atoms with Crippen LogP contribution in [0.4, 0.5) is 0 Å². The van der Waals surface area contributed by atoms with Crippen LogP contribution in [0.2, 0.25) is 0 Å². The van der Waals surface area contributed by atoms with Crippen molar-refractivity contribution in [1.82, 2.24) is 14.8 Å². The van der Waals surface area contributed by atoms with Gasteiger partial charge in [-0.1, -0.05) is 36.4 Å². The molecule has 0 bridgehead atoms. The quantitative estimate of drug-likeness (QED) is 0.570. The standard InChI is InChI=1S/C24H29N3O2S/c1-26(17-24-25-11-13-30-24)14-19-6-8-23(9-7-19)29-18-22(28)16-27-12-10-20-4-2-3-5-21(20)15-27/h2-9,11,13,22,28H,10,12,14-18H2,1H3. The van der Waals surface area contributed by atoms with Gasteiger partial charge in [0.15, 0.2) is 0 Å². The molecular formula is C24H29N3O2S. The van der Waals surface area contributed by atoms with Gasteiger partial charge in [0.2, 0.25) is 0 Å². The van der Waals surface area contributed by atoms with Crippen LogP contribution in [0, 0.1) is 0 Å². The maximum atomic E-state index is 10.4. The number of ether oxygens (including phenoxy) is 1. The van der Waals surface area contributed by atoms with E-state index < -0.39 is 6.10 Å². The summed E-state index contributed by atoms with van der Waals surface area (Å²) in [6, 6.07) is 16.7. The Kier molecular flexibility index (Phi) is 7.12. The lowest BCUT2D eigenvalue weighted by Gasteiger charge is -2.30. The summed E-state index contributed by atoms with van der Waals surface area (Å²) in [4.78, 5) is 8.88. The Morgan fingerprint density at radius 3 is 2.70 bits per heavy atom. The van der Waals surface area contributed by atoms with Crippen LogP contribution >= 0.6 is 11.3 Å². The number of benzene rings is 2. The Hall–Kier alpha value is -2.25. The molecule has 1 atom stereocenters. The molecule has 0 radical (unpaired) electrons. The van der Waals surface area contributed by atoms with Crippen LogP contribution in [-0.4, -0.2) is 52.7 Å². The molecule has 6 heteroatoms. The molecule has 0 fully saturated rings. The average molecular weight is 424 g/mol. The molecule has 1 aliphatic heterocycles. The van der Waals surface area contributed by atoms with Gasteiger partial charge in [-0.2, -0.15) is 0 Å². The molecule has 0 aliphatic carbocycles. The molecule has 5 nitrogen and oxygen atoms in total. The number of nitrogens with zero attached hydrogens (tertiary/aromatic N) is 3. The monoisotopic (exact) mass is 423 g/mol. The normalized spacial score (nSPS) is 15.2. The molecular weight excluding hydrogens is 394 g/mol. The first-order chi connectivity index (χ1) is 14.7. The summed E-state index contributed by atoms with van der Waals surface area (Å²) in [5.74, 6) is 0.796. The molecule has 0 spiro atoms. The Morgan fingerprint density at radius 1 is 1.13 bits per heavy atom. The van der Waals surface area contributed by atoms with Gasteiger partial charge in [-0.15, -0.1) is 11.3 Å². The molecule has 4 rings (SSSR count). The Morgan fingerprint density at radius 2 is 1.93 bits per heavy atom. The first kappa shape index (κ1) is 21.0. The van der Waals surface area contributed by atoms with Gasteiger partial charge in [0.25, 0.3) is 0 Å². The maximum absolute atomic E-state index is 10.4. The molecule has 1 N–H and O–H groups in total. The number of aliphatic hydroxyl groups excluding tert-OH is 1. The number of thiazole rings is 1. The van der Waals surface area contributed by atoms with E-state index in [1.54, 1.807) is 11.3 Å². The highest BCUT2D eigenvalue weighted by atomic mass is 32.1. The zero-order chi connectivity index (χ0) is 20.8. The average Bonchev–Trinajstić information content (AvgIpc) is 3.26. The number of β-amino-alcohol motifs (C(OH)–C–C–N with tert-alkyl or cyclic N) is 1. The Bertz CT molecular complexity index is 914. The van der Waals surface area contributed by atoms with Crippen molar-refractivity contribution in [3.8, 4) is 5.75 Å². The van der Waals surface area contributed by atoms with Crippen molar-refractivity contribution in [2.24, 2.45) is 0 Å². The fraction of sp³-hybridized carbons (Fsp3) is 0.375. The van der Waals surface area contributed by atoms with Crippen LogP contribution in [-0.2, 0) is 26.1 Å². The highest BCUT2D eigenvalue weighted by Gasteiger charge is 2.18. The SMILES string of the molecule is CN(Cc1ccc(OCC(O)CN2CCc3ccccc3C2)cc1)Cc1nccs1. The highest BCUT2D eigenvalue weighted by Crippen LogP contribution is 2.19. The van der Waals surface area contributed by atoms with Gasteiger partial charge in [-0.05, 0) is 42.3 Å². The van der Waals surface area contributed by atoms with Crippen LogP contribution in [0.25, 0.3) is 0 Å². The third kappa shape index (κ3) is 5.89. The fourth-order valence-corrected chi connectivity index (χ4v) is 4.57. The van der Waals surface area contributed by atoms with E-state index in [2.05, 4.69) is 58.2 Å². The van der Waals surface area contributed by atoms with Crippen molar-refractivity contribution in [2.75, 3.05) is 26.7 Å². The number of aliphatic hydroxyl groups is 1. The molecule has 0 amide bonds. The Labute approximate surface area is 182 Å². The predicted octanol–water partition coefficient (Wildman–Crippen LogP) is 3.57. The number of fused-ring (bicyclic) bond motifs is 1. The molecule has 30 heavy (non-hydrogen) atoms. The van der Waals surface area contributed by atoms with Crippen molar-refractivity contribution in [2.45, 2.75) is 32.2 Å². The first-order valence-corrected chi connectivity index (χ1v) is 11.3. The minimum Gasteiger partial charge on any atom is -0.491 e. The van der Waals surface area contributed by atoms with Crippen LogP contribution in [0.3, 0.4) is 0 Å². The van der Waals surface area contributed by atoms with E-state index in [9.17, 15) is 5.11 Å². The van der Waals surface area contributed by atoms with Crippen molar-refractivity contribution in [3.05, 3.63) is 81.8 Å².